The van der Waals surface area contributed by atoms with Crippen LogP contribution in [0.15, 0.2) is 30.3 Å². The van der Waals surface area contributed by atoms with Crippen LogP contribution in [0, 0.1) is 0 Å². The van der Waals surface area contributed by atoms with E-state index in [0.717, 1.165) is 25.6 Å². The molecule has 0 aliphatic heterocycles. The normalized spacial score (nSPS) is 11.0. The molecule has 1 radical (unpaired) electrons. The van der Waals surface area contributed by atoms with E-state index >= 15 is 0 Å². The van der Waals surface area contributed by atoms with Crippen molar-refractivity contribution in [3.05, 3.63) is 35.9 Å². The summed E-state index contributed by atoms with van der Waals surface area (Å²) in [6.45, 7) is 2.00. The zero-order valence-electron chi connectivity index (χ0n) is 10.7. The van der Waals surface area contributed by atoms with E-state index in [1.807, 2.05) is 6.07 Å². The molecule has 0 fully saturated rings. The van der Waals surface area contributed by atoms with Gasteiger partial charge in [-0.25, -0.2) is 0 Å². The molecule has 0 aliphatic rings. The maximum atomic E-state index is 5.23. The van der Waals surface area contributed by atoms with Gasteiger partial charge in [0.25, 0.3) is 0 Å². The number of unbranched alkanes of at least 4 members (excludes halogenated alkanes) is 1. The summed E-state index contributed by atoms with van der Waals surface area (Å²) in [4.78, 5) is 0. The van der Waals surface area contributed by atoms with Crippen LogP contribution in [-0.2, 0) is 15.4 Å². The first-order valence-corrected chi connectivity index (χ1v) is 7.57. The van der Waals surface area contributed by atoms with Gasteiger partial charge < -0.3 is 14.2 Å². The Labute approximate surface area is 106 Å². The fraction of sp³-hybridized carbons (Fsp3) is 0.538. The highest BCUT2D eigenvalue weighted by Crippen LogP contribution is 2.02. The monoisotopic (exact) mass is 252 g/mol. The second-order valence-electron chi connectivity index (χ2n) is 3.90. The Hall–Kier alpha value is -0.683. The molecule has 0 bridgehead atoms. The van der Waals surface area contributed by atoms with Crippen LogP contribution in [0.25, 0.3) is 0 Å². The van der Waals surface area contributed by atoms with Crippen LogP contribution in [0.2, 0.25) is 6.04 Å². The molecule has 0 aliphatic carbocycles. The van der Waals surface area contributed by atoms with Crippen molar-refractivity contribution in [3.8, 4) is 0 Å². The first kappa shape index (κ1) is 14.4. The van der Waals surface area contributed by atoms with Gasteiger partial charge in [0.05, 0.1) is 0 Å². The fourth-order valence-corrected chi connectivity index (χ4v) is 2.75. The summed E-state index contributed by atoms with van der Waals surface area (Å²) in [5.74, 6) is 0. The van der Waals surface area contributed by atoms with Gasteiger partial charge in [0, 0.05) is 20.8 Å². The fourth-order valence-electron chi connectivity index (χ4n) is 1.64. The molecule has 17 heavy (non-hydrogen) atoms. The van der Waals surface area contributed by atoms with Crippen molar-refractivity contribution in [2.24, 2.45) is 0 Å². The van der Waals surface area contributed by atoms with Crippen LogP contribution in [0.4, 0.5) is 0 Å². The Morgan fingerprint density at radius 2 is 1.76 bits per heavy atom. The number of benzene rings is 1. The van der Waals surface area contributed by atoms with E-state index in [1.54, 1.807) is 14.2 Å². The van der Waals surface area contributed by atoms with Gasteiger partial charge in [-0.2, -0.15) is 0 Å². The molecule has 4 heteroatoms. The molecule has 0 heterocycles. The van der Waals surface area contributed by atoms with E-state index < -0.39 is 9.28 Å². The molecule has 1 rings (SSSR count). The Kier molecular flexibility index (Phi) is 7.91. The van der Waals surface area contributed by atoms with Crippen LogP contribution in [0.3, 0.4) is 0 Å². The van der Waals surface area contributed by atoms with Gasteiger partial charge >= 0.3 is 9.28 Å². The summed E-state index contributed by atoms with van der Waals surface area (Å²) >= 11 is 0. The minimum atomic E-state index is -0.990. The highest BCUT2D eigenvalue weighted by molar-refractivity contribution is 6.44. The lowest BCUT2D eigenvalue weighted by Crippen LogP contribution is -2.20. The zero-order valence-corrected chi connectivity index (χ0v) is 11.7. The van der Waals surface area contributed by atoms with Gasteiger partial charge in [0.15, 0.2) is 0 Å². The minimum absolute atomic E-state index is 0.952. The number of rotatable bonds is 9. The van der Waals surface area contributed by atoms with Crippen molar-refractivity contribution in [3.63, 3.8) is 0 Å². The standard InChI is InChI=1S/C13H22NO2Si/c1-15-17(16-2)11-7-6-10-14-12-13-8-4-3-5-9-13/h3-5,8-9,14H,6-7,10-12H2,1-2H3. The molecule has 0 unspecified atom stereocenters. The Bertz CT molecular complexity index is 278. The maximum Gasteiger partial charge on any atom is 0.384 e. The van der Waals surface area contributed by atoms with Crippen molar-refractivity contribution in [1.82, 2.24) is 5.32 Å². The highest BCUT2D eigenvalue weighted by Gasteiger charge is 2.10. The highest BCUT2D eigenvalue weighted by atomic mass is 28.3. The van der Waals surface area contributed by atoms with Gasteiger partial charge in [0.1, 0.15) is 0 Å². The van der Waals surface area contributed by atoms with Crippen LogP contribution in [0.1, 0.15) is 18.4 Å². The van der Waals surface area contributed by atoms with Crippen LogP contribution in [0.5, 0.6) is 0 Å². The van der Waals surface area contributed by atoms with E-state index in [4.69, 9.17) is 8.85 Å². The zero-order chi connectivity index (χ0) is 12.3. The molecule has 0 saturated heterocycles. The van der Waals surface area contributed by atoms with E-state index in [2.05, 4.69) is 29.6 Å². The smallest absolute Gasteiger partial charge is 0.384 e. The van der Waals surface area contributed by atoms with Crippen molar-refractivity contribution < 1.29 is 8.85 Å². The predicted octanol–water partition coefficient (Wildman–Crippen LogP) is 2.34. The minimum Gasteiger partial charge on any atom is -0.397 e. The summed E-state index contributed by atoms with van der Waals surface area (Å²) in [6.07, 6.45) is 2.34. The van der Waals surface area contributed by atoms with E-state index in [1.165, 1.54) is 12.0 Å². The van der Waals surface area contributed by atoms with Crippen LogP contribution >= 0.6 is 0 Å². The van der Waals surface area contributed by atoms with Crippen molar-refractivity contribution in [2.75, 3.05) is 20.8 Å². The second-order valence-corrected chi connectivity index (χ2v) is 5.96. The average Bonchev–Trinajstić information content (AvgIpc) is 2.39. The molecule has 1 N–H and O–H groups in total. The summed E-state index contributed by atoms with van der Waals surface area (Å²) in [6, 6.07) is 11.5. The summed E-state index contributed by atoms with van der Waals surface area (Å²) in [7, 11) is 2.47. The summed E-state index contributed by atoms with van der Waals surface area (Å²) < 4.78 is 10.5. The Morgan fingerprint density at radius 1 is 1.06 bits per heavy atom. The van der Waals surface area contributed by atoms with Crippen molar-refractivity contribution >= 4 is 9.28 Å². The molecule has 0 amide bonds. The number of hydrogen-bond donors (Lipinski definition) is 1. The number of hydrogen-bond acceptors (Lipinski definition) is 3. The third-order valence-electron chi connectivity index (χ3n) is 2.61. The van der Waals surface area contributed by atoms with Gasteiger partial charge in [-0.3, -0.25) is 0 Å². The molecule has 3 nitrogen and oxygen atoms in total. The lowest BCUT2D eigenvalue weighted by atomic mass is 10.2. The molecule has 0 aromatic heterocycles. The molecule has 1 aromatic rings. The Morgan fingerprint density at radius 3 is 2.41 bits per heavy atom. The van der Waals surface area contributed by atoms with E-state index in [0.29, 0.717) is 0 Å². The van der Waals surface area contributed by atoms with Crippen LogP contribution < -0.4 is 5.32 Å². The first-order valence-electron chi connectivity index (χ1n) is 6.05. The molecule has 0 spiro atoms. The van der Waals surface area contributed by atoms with Gasteiger partial charge in [-0.15, -0.1) is 0 Å². The molecule has 0 atom stereocenters. The third kappa shape index (κ3) is 6.58. The summed E-state index contributed by atoms with van der Waals surface area (Å²) in [5, 5.41) is 3.44. The summed E-state index contributed by atoms with van der Waals surface area (Å²) in [5.41, 5.74) is 1.34. The lowest BCUT2D eigenvalue weighted by molar-refractivity contribution is 0.276. The SMILES string of the molecule is CO[Si](CCCCNCc1ccccc1)OC. The van der Waals surface area contributed by atoms with Gasteiger partial charge in [-0.05, 0) is 24.6 Å². The van der Waals surface area contributed by atoms with Crippen LogP contribution in [-0.4, -0.2) is 30.0 Å². The largest absolute Gasteiger partial charge is 0.397 e. The Balaban J connectivity index is 1.98. The van der Waals surface area contributed by atoms with Crippen molar-refractivity contribution in [2.45, 2.75) is 25.4 Å². The first-order chi connectivity index (χ1) is 8.36. The molecule has 1 aromatic carbocycles. The molecule has 0 saturated carbocycles. The molecular formula is C13H22NO2Si. The average molecular weight is 252 g/mol. The molecular weight excluding hydrogens is 230 g/mol. The van der Waals surface area contributed by atoms with Gasteiger partial charge in [0.2, 0.25) is 0 Å². The quantitative estimate of drug-likeness (QED) is 0.540. The second kappa shape index (κ2) is 9.36. The van der Waals surface area contributed by atoms with E-state index in [9.17, 15) is 0 Å². The van der Waals surface area contributed by atoms with Crippen molar-refractivity contribution in [1.29, 1.82) is 0 Å². The van der Waals surface area contributed by atoms with Gasteiger partial charge in [-0.1, -0.05) is 36.8 Å². The topological polar surface area (TPSA) is 30.5 Å². The predicted molar refractivity (Wildman–Crippen MR) is 72.0 cm³/mol. The third-order valence-corrected chi connectivity index (χ3v) is 4.28. The number of nitrogens with one attached hydrogen (secondary N) is 1. The molecule has 95 valence electrons. The maximum absolute atomic E-state index is 5.23. The van der Waals surface area contributed by atoms with E-state index in [-0.39, 0.29) is 0 Å². The lowest BCUT2D eigenvalue weighted by Gasteiger charge is -2.09.